The number of alkyl halides is 3. The average Bonchev–Trinajstić information content (AvgIpc) is 2.83. The van der Waals surface area contributed by atoms with Crippen molar-refractivity contribution in [3.63, 3.8) is 0 Å². The maximum absolute atomic E-state index is 12.9. The zero-order valence-electron chi connectivity index (χ0n) is 17.8. The molecule has 0 radical (unpaired) electrons. The molecule has 5 nitrogen and oxygen atoms in total. The van der Waals surface area contributed by atoms with Gasteiger partial charge < -0.3 is 19.7 Å². The molecule has 0 bridgehead atoms. The predicted octanol–water partition coefficient (Wildman–Crippen LogP) is 5.40. The van der Waals surface area contributed by atoms with Gasteiger partial charge in [0, 0.05) is 37.5 Å². The van der Waals surface area contributed by atoms with Crippen LogP contribution < -0.4 is 15.0 Å². The minimum absolute atomic E-state index is 0.340. The summed E-state index contributed by atoms with van der Waals surface area (Å²) >= 11 is 0. The maximum atomic E-state index is 12.9. The predicted molar refractivity (Wildman–Crippen MR) is 118 cm³/mol. The first kappa shape index (κ1) is 22.0. The van der Waals surface area contributed by atoms with Gasteiger partial charge in [0.15, 0.2) is 0 Å². The Hall–Kier alpha value is -3.26. The SMILES string of the molecule is CNc1ccc(-c2nc(OC)ccc2N2CCOC(c3ccc(C(F)(F)F)cc3)C2)cc1. The van der Waals surface area contributed by atoms with E-state index in [0.717, 1.165) is 34.8 Å². The summed E-state index contributed by atoms with van der Waals surface area (Å²) in [5.74, 6) is 0.508. The van der Waals surface area contributed by atoms with Gasteiger partial charge in [-0.2, -0.15) is 13.2 Å². The number of methoxy groups -OCH3 is 1. The van der Waals surface area contributed by atoms with Crippen molar-refractivity contribution in [1.29, 1.82) is 0 Å². The Labute approximate surface area is 184 Å². The van der Waals surface area contributed by atoms with Crippen LogP contribution in [0.4, 0.5) is 24.5 Å². The van der Waals surface area contributed by atoms with Gasteiger partial charge in [-0.25, -0.2) is 4.98 Å². The van der Waals surface area contributed by atoms with Crippen LogP contribution in [-0.2, 0) is 10.9 Å². The zero-order valence-corrected chi connectivity index (χ0v) is 17.8. The van der Waals surface area contributed by atoms with Crippen molar-refractivity contribution in [2.75, 3.05) is 44.1 Å². The van der Waals surface area contributed by atoms with Gasteiger partial charge in [0.05, 0.1) is 30.7 Å². The summed E-state index contributed by atoms with van der Waals surface area (Å²) in [7, 11) is 3.44. The highest BCUT2D eigenvalue weighted by atomic mass is 19.4. The lowest BCUT2D eigenvalue weighted by atomic mass is 10.0. The molecule has 1 fully saturated rings. The number of pyridine rings is 1. The van der Waals surface area contributed by atoms with Gasteiger partial charge in [-0.1, -0.05) is 24.3 Å². The Kier molecular flexibility index (Phi) is 6.23. The molecular weight excluding hydrogens is 419 g/mol. The quantitative estimate of drug-likeness (QED) is 0.573. The Balaban J connectivity index is 1.62. The summed E-state index contributed by atoms with van der Waals surface area (Å²) in [5.41, 5.74) is 3.68. The molecule has 32 heavy (non-hydrogen) atoms. The van der Waals surface area contributed by atoms with Crippen LogP contribution in [0.15, 0.2) is 60.7 Å². The van der Waals surface area contributed by atoms with Gasteiger partial charge in [0.1, 0.15) is 6.10 Å². The molecule has 1 atom stereocenters. The van der Waals surface area contributed by atoms with Gasteiger partial charge in [-0.3, -0.25) is 0 Å². The Morgan fingerprint density at radius 2 is 1.75 bits per heavy atom. The second kappa shape index (κ2) is 9.08. The molecule has 1 N–H and O–H groups in total. The van der Waals surface area contributed by atoms with Crippen molar-refractivity contribution in [3.8, 4) is 17.1 Å². The van der Waals surface area contributed by atoms with E-state index >= 15 is 0 Å². The third-order valence-electron chi connectivity index (χ3n) is 5.52. The molecule has 1 aliphatic heterocycles. The number of anilines is 2. The number of nitrogens with zero attached hydrogens (tertiary/aromatic N) is 2. The Bertz CT molecular complexity index is 1050. The zero-order chi connectivity index (χ0) is 22.7. The normalized spacial score (nSPS) is 16.7. The Morgan fingerprint density at radius 3 is 2.38 bits per heavy atom. The molecule has 168 valence electrons. The summed E-state index contributed by atoms with van der Waals surface area (Å²) < 4.78 is 49.9. The molecular formula is C24H24F3N3O2. The van der Waals surface area contributed by atoms with Crippen molar-refractivity contribution in [2.45, 2.75) is 12.3 Å². The number of ether oxygens (including phenoxy) is 2. The Morgan fingerprint density at radius 1 is 1.03 bits per heavy atom. The molecule has 1 unspecified atom stereocenters. The van der Waals surface area contributed by atoms with Crippen molar-refractivity contribution >= 4 is 11.4 Å². The summed E-state index contributed by atoms with van der Waals surface area (Å²) in [4.78, 5) is 6.83. The van der Waals surface area contributed by atoms with E-state index < -0.39 is 11.7 Å². The lowest BCUT2D eigenvalue weighted by molar-refractivity contribution is -0.137. The molecule has 0 spiro atoms. The van der Waals surface area contributed by atoms with Crippen LogP contribution in [0.25, 0.3) is 11.3 Å². The van der Waals surface area contributed by atoms with E-state index in [1.807, 2.05) is 43.4 Å². The topological polar surface area (TPSA) is 46.6 Å². The number of benzene rings is 2. The average molecular weight is 443 g/mol. The van der Waals surface area contributed by atoms with Crippen LogP contribution in [-0.4, -0.2) is 38.8 Å². The van der Waals surface area contributed by atoms with Crippen molar-refractivity contribution in [2.24, 2.45) is 0 Å². The highest BCUT2D eigenvalue weighted by molar-refractivity contribution is 5.77. The molecule has 8 heteroatoms. The second-order valence-electron chi connectivity index (χ2n) is 7.47. The first-order chi connectivity index (χ1) is 15.4. The molecule has 0 aliphatic carbocycles. The fourth-order valence-corrected chi connectivity index (χ4v) is 3.77. The van der Waals surface area contributed by atoms with E-state index in [2.05, 4.69) is 15.2 Å². The summed E-state index contributed by atoms with van der Waals surface area (Å²) in [5, 5.41) is 3.10. The van der Waals surface area contributed by atoms with Gasteiger partial charge in [0.25, 0.3) is 0 Å². The number of halogens is 3. The third-order valence-corrected chi connectivity index (χ3v) is 5.52. The summed E-state index contributed by atoms with van der Waals surface area (Å²) in [6, 6.07) is 16.9. The van der Waals surface area contributed by atoms with Crippen molar-refractivity contribution in [3.05, 3.63) is 71.8 Å². The molecule has 0 saturated carbocycles. The second-order valence-corrected chi connectivity index (χ2v) is 7.47. The van der Waals surface area contributed by atoms with Crippen molar-refractivity contribution in [1.82, 2.24) is 4.98 Å². The first-order valence-corrected chi connectivity index (χ1v) is 10.3. The van der Waals surface area contributed by atoms with E-state index in [4.69, 9.17) is 9.47 Å². The van der Waals surface area contributed by atoms with Crippen LogP contribution in [0.5, 0.6) is 5.88 Å². The van der Waals surface area contributed by atoms with Crippen LogP contribution >= 0.6 is 0 Å². The number of aromatic nitrogens is 1. The molecule has 1 aromatic heterocycles. The monoisotopic (exact) mass is 443 g/mol. The van der Waals surface area contributed by atoms with E-state index in [-0.39, 0.29) is 6.10 Å². The molecule has 2 heterocycles. The molecule has 2 aromatic carbocycles. The standard InChI is InChI=1S/C24H24F3N3O2/c1-28-19-9-5-17(6-10-19)23-20(11-12-22(29-23)31-2)30-13-14-32-21(15-30)16-3-7-18(8-4-16)24(25,26)27/h3-12,21,28H,13-15H2,1-2H3. The lowest BCUT2D eigenvalue weighted by Gasteiger charge is -2.35. The highest BCUT2D eigenvalue weighted by Crippen LogP contribution is 2.36. The number of morpholine rings is 1. The minimum atomic E-state index is -4.36. The van der Waals surface area contributed by atoms with Gasteiger partial charge in [-0.15, -0.1) is 0 Å². The van der Waals surface area contributed by atoms with Crippen LogP contribution in [0.2, 0.25) is 0 Å². The van der Waals surface area contributed by atoms with E-state index in [0.29, 0.717) is 31.1 Å². The smallest absolute Gasteiger partial charge is 0.416 e. The molecule has 0 amide bonds. The summed E-state index contributed by atoms with van der Waals surface area (Å²) in [6.45, 7) is 1.60. The highest BCUT2D eigenvalue weighted by Gasteiger charge is 2.31. The number of rotatable bonds is 5. The van der Waals surface area contributed by atoms with Crippen LogP contribution in [0.3, 0.4) is 0 Å². The fraction of sp³-hybridized carbons (Fsp3) is 0.292. The van der Waals surface area contributed by atoms with E-state index in [1.165, 1.54) is 12.1 Å². The fourth-order valence-electron chi connectivity index (χ4n) is 3.77. The number of hydrogen-bond acceptors (Lipinski definition) is 5. The molecule has 4 rings (SSSR count). The molecule has 1 aliphatic rings. The minimum Gasteiger partial charge on any atom is -0.481 e. The van der Waals surface area contributed by atoms with Crippen LogP contribution in [0, 0.1) is 0 Å². The van der Waals surface area contributed by atoms with Gasteiger partial charge in [-0.05, 0) is 35.9 Å². The lowest BCUT2D eigenvalue weighted by Crippen LogP contribution is -2.38. The van der Waals surface area contributed by atoms with Gasteiger partial charge >= 0.3 is 6.18 Å². The maximum Gasteiger partial charge on any atom is 0.416 e. The van der Waals surface area contributed by atoms with Crippen LogP contribution in [0.1, 0.15) is 17.2 Å². The summed E-state index contributed by atoms with van der Waals surface area (Å²) in [6.07, 6.45) is -4.70. The molecule has 1 saturated heterocycles. The van der Waals surface area contributed by atoms with E-state index in [9.17, 15) is 13.2 Å². The third kappa shape index (κ3) is 4.65. The van der Waals surface area contributed by atoms with Crippen molar-refractivity contribution < 1.29 is 22.6 Å². The number of hydrogen-bond donors (Lipinski definition) is 1. The number of nitrogens with one attached hydrogen (secondary N) is 1. The molecule has 3 aromatic rings. The first-order valence-electron chi connectivity index (χ1n) is 10.3. The van der Waals surface area contributed by atoms with Gasteiger partial charge in [0.2, 0.25) is 5.88 Å². The largest absolute Gasteiger partial charge is 0.481 e. The van der Waals surface area contributed by atoms with E-state index in [1.54, 1.807) is 7.11 Å².